The smallest absolute Gasteiger partial charge is 0.258 e. The summed E-state index contributed by atoms with van der Waals surface area (Å²) in [5.41, 5.74) is 2.71. The molecule has 0 N–H and O–H groups in total. The molecule has 2 heterocycles. The number of piperidine rings is 1. The number of benzene rings is 2. The van der Waals surface area contributed by atoms with Gasteiger partial charge < -0.3 is 14.4 Å². The number of carbonyl (C=O) groups is 1. The van der Waals surface area contributed by atoms with Gasteiger partial charge in [-0.2, -0.15) is 0 Å². The molecule has 0 atom stereocenters. The average Bonchev–Trinajstić information content (AvgIpc) is 2.86. The highest BCUT2D eigenvalue weighted by molar-refractivity contribution is 6.06. The second kappa shape index (κ2) is 10.3. The molecule has 1 aliphatic heterocycles. The number of pyridine rings is 1. The summed E-state index contributed by atoms with van der Waals surface area (Å²) in [6, 6.07) is 19.3. The third kappa shape index (κ3) is 4.92. The quantitative estimate of drug-likeness (QED) is 0.555. The van der Waals surface area contributed by atoms with Crippen molar-refractivity contribution in [1.29, 1.82) is 0 Å². The van der Waals surface area contributed by atoms with E-state index in [4.69, 9.17) is 9.47 Å². The molecule has 1 aromatic heterocycles. The molecule has 0 radical (unpaired) electrons. The Kier molecular flexibility index (Phi) is 7.02. The van der Waals surface area contributed by atoms with Crippen LogP contribution in [0, 0.1) is 0 Å². The van der Waals surface area contributed by atoms with Crippen molar-refractivity contribution in [3.63, 3.8) is 0 Å². The van der Waals surface area contributed by atoms with E-state index in [-0.39, 0.29) is 11.9 Å². The van der Waals surface area contributed by atoms with Crippen molar-refractivity contribution in [2.75, 3.05) is 32.2 Å². The van der Waals surface area contributed by atoms with E-state index in [1.54, 1.807) is 20.4 Å². The highest BCUT2D eigenvalue weighted by Gasteiger charge is 2.30. The number of hydrogen-bond donors (Lipinski definition) is 0. The van der Waals surface area contributed by atoms with Crippen molar-refractivity contribution in [1.82, 2.24) is 9.88 Å². The van der Waals surface area contributed by atoms with Crippen LogP contribution in [0.25, 0.3) is 0 Å². The summed E-state index contributed by atoms with van der Waals surface area (Å²) >= 11 is 0. The van der Waals surface area contributed by atoms with Gasteiger partial charge in [0, 0.05) is 55.4 Å². The number of ether oxygens (including phenoxy) is 2. The van der Waals surface area contributed by atoms with Crippen molar-refractivity contribution in [2.24, 2.45) is 0 Å². The molecule has 1 saturated heterocycles. The Morgan fingerprint density at radius 3 is 2.41 bits per heavy atom. The molecule has 0 aliphatic carbocycles. The van der Waals surface area contributed by atoms with Gasteiger partial charge in [-0.1, -0.05) is 24.3 Å². The first-order chi connectivity index (χ1) is 15.7. The fourth-order valence-electron chi connectivity index (χ4n) is 4.27. The molecular weight excluding hydrogens is 402 g/mol. The molecule has 6 heteroatoms. The third-order valence-electron chi connectivity index (χ3n) is 5.94. The van der Waals surface area contributed by atoms with Gasteiger partial charge in [0.25, 0.3) is 5.91 Å². The van der Waals surface area contributed by atoms with E-state index >= 15 is 0 Å². The molecule has 0 spiro atoms. The highest BCUT2D eigenvalue weighted by atomic mass is 16.5. The first-order valence-corrected chi connectivity index (χ1v) is 10.9. The first kappa shape index (κ1) is 21.8. The fraction of sp³-hybridized carbons (Fsp3) is 0.308. The lowest BCUT2D eigenvalue weighted by molar-refractivity contribution is 0.0958. The SMILES string of the molecule is COc1ccc(N(C(=O)c2ccccc2)C2CCN(Cc3cccnc3)CC2)cc1OC. The predicted molar refractivity (Wildman–Crippen MR) is 125 cm³/mol. The molecule has 1 aliphatic rings. The zero-order chi connectivity index (χ0) is 22.3. The Morgan fingerprint density at radius 2 is 1.75 bits per heavy atom. The largest absolute Gasteiger partial charge is 0.493 e. The van der Waals surface area contributed by atoms with Crippen LogP contribution in [0.3, 0.4) is 0 Å². The lowest BCUT2D eigenvalue weighted by atomic mass is 10.00. The molecule has 4 rings (SSSR count). The molecule has 1 amide bonds. The first-order valence-electron chi connectivity index (χ1n) is 10.9. The van der Waals surface area contributed by atoms with Gasteiger partial charge in [-0.3, -0.25) is 14.7 Å². The topological polar surface area (TPSA) is 54.9 Å². The molecular formula is C26H29N3O3. The summed E-state index contributed by atoms with van der Waals surface area (Å²) in [4.78, 5) is 22.2. The molecule has 2 aromatic carbocycles. The van der Waals surface area contributed by atoms with Crippen molar-refractivity contribution in [3.8, 4) is 11.5 Å². The number of aromatic nitrogens is 1. The Hall–Kier alpha value is -3.38. The van der Waals surface area contributed by atoms with Crippen LogP contribution in [0.1, 0.15) is 28.8 Å². The van der Waals surface area contributed by atoms with Crippen LogP contribution in [0.2, 0.25) is 0 Å². The van der Waals surface area contributed by atoms with Crippen LogP contribution in [-0.2, 0) is 6.54 Å². The van der Waals surface area contributed by atoms with Crippen LogP contribution in [0.4, 0.5) is 5.69 Å². The number of methoxy groups -OCH3 is 2. The lowest BCUT2D eigenvalue weighted by Crippen LogP contribution is -2.47. The summed E-state index contributed by atoms with van der Waals surface area (Å²) in [7, 11) is 3.23. The summed E-state index contributed by atoms with van der Waals surface area (Å²) in [5.74, 6) is 1.27. The summed E-state index contributed by atoms with van der Waals surface area (Å²) in [6.45, 7) is 2.72. The van der Waals surface area contributed by atoms with Gasteiger partial charge in [-0.05, 0) is 48.7 Å². The van der Waals surface area contributed by atoms with Gasteiger partial charge in [0.15, 0.2) is 11.5 Å². The monoisotopic (exact) mass is 431 g/mol. The number of carbonyl (C=O) groups excluding carboxylic acids is 1. The highest BCUT2D eigenvalue weighted by Crippen LogP contribution is 2.34. The predicted octanol–water partition coefficient (Wildman–Crippen LogP) is 4.41. The number of likely N-dealkylation sites (tertiary alicyclic amines) is 1. The van der Waals surface area contributed by atoms with Crippen molar-refractivity contribution >= 4 is 11.6 Å². The molecule has 0 saturated carbocycles. The number of amides is 1. The van der Waals surface area contributed by atoms with E-state index in [0.29, 0.717) is 17.1 Å². The zero-order valence-electron chi connectivity index (χ0n) is 18.6. The minimum absolute atomic E-state index is 0.00327. The molecule has 3 aromatic rings. The molecule has 166 valence electrons. The summed E-state index contributed by atoms with van der Waals surface area (Å²) < 4.78 is 10.9. The summed E-state index contributed by atoms with van der Waals surface area (Å²) in [5, 5.41) is 0. The maximum atomic E-state index is 13.6. The van der Waals surface area contributed by atoms with Crippen molar-refractivity contribution in [2.45, 2.75) is 25.4 Å². The second-order valence-corrected chi connectivity index (χ2v) is 7.95. The normalized spacial score (nSPS) is 14.7. The van der Waals surface area contributed by atoms with E-state index < -0.39 is 0 Å². The molecule has 0 unspecified atom stereocenters. The molecule has 32 heavy (non-hydrogen) atoms. The van der Waals surface area contributed by atoms with Crippen molar-refractivity contribution < 1.29 is 14.3 Å². The fourth-order valence-corrected chi connectivity index (χ4v) is 4.27. The Morgan fingerprint density at radius 1 is 1.00 bits per heavy atom. The Bertz CT molecular complexity index is 1020. The average molecular weight is 432 g/mol. The number of nitrogens with zero attached hydrogens (tertiary/aromatic N) is 3. The molecule has 1 fully saturated rings. The summed E-state index contributed by atoms with van der Waals surface area (Å²) in [6.07, 6.45) is 5.51. The third-order valence-corrected chi connectivity index (χ3v) is 5.94. The minimum atomic E-state index is 0.00327. The second-order valence-electron chi connectivity index (χ2n) is 7.95. The van der Waals surface area contributed by atoms with Gasteiger partial charge in [0.1, 0.15) is 0 Å². The zero-order valence-corrected chi connectivity index (χ0v) is 18.6. The van der Waals surface area contributed by atoms with Crippen LogP contribution in [0.15, 0.2) is 73.1 Å². The Balaban J connectivity index is 1.57. The van der Waals surface area contributed by atoms with E-state index in [1.165, 1.54) is 5.56 Å². The van der Waals surface area contributed by atoms with Crippen LogP contribution >= 0.6 is 0 Å². The van der Waals surface area contributed by atoms with Gasteiger partial charge in [0.2, 0.25) is 0 Å². The van der Waals surface area contributed by atoms with Crippen LogP contribution < -0.4 is 14.4 Å². The minimum Gasteiger partial charge on any atom is -0.493 e. The van der Waals surface area contributed by atoms with Gasteiger partial charge in [-0.25, -0.2) is 0 Å². The molecule has 0 bridgehead atoms. The molecule has 6 nitrogen and oxygen atoms in total. The number of anilines is 1. The van der Waals surface area contributed by atoms with Gasteiger partial charge in [-0.15, -0.1) is 0 Å². The van der Waals surface area contributed by atoms with E-state index in [0.717, 1.165) is 38.2 Å². The van der Waals surface area contributed by atoms with E-state index in [9.17, 15) is 4.79 Å². The van der Waals surface area contributed by atoms with Gasteiger partial charge in [0.05, 0.1) is 14.2 Å². The van der Waals surface area contributed by atoms with E-state index in [2.05, 4.69) is 16.0 Å². The Labute approximate surface area is 189 Å². The number of hydrogen-bond acceptors (Lipinski definition) is 5. The lowest BCUT2D eigenvalue weighted by Gasteiger charge is -2.38. The standard InChI is InChI=1S/C26H29N3O3/c1-31-24-11-10-23(17-25(24)32-2)29(26(30)21-8-4-3-5-9-21)22-12-15-28(16-13-22)19-20-7-6-14-27-18-20/h3-11,14,17-18,22H,12-13,15-16,19H2,1-2H3. The maximum absolute atomic E-state index is 13.6. The van der Waals surface area contributed by atoms with Crippen molar-refractivity contribution in [3.05, 3.63) is 84.2 Å². The maximum Gasteiger partial charge on any atom is 0.258 e. The van der Waals surface area contributed by atoms with Crippen LogP contribution in [0.5, 0.6) is 11.5 Å². The van der Waals surface area contributed by atoms with Crippen LogP contribution in [-0.4, -0.2) is 49.1 Å². The number of rotatable bonds is 7. The van der Waals surface area contributed by atoms with E-state index in [1.807, 2.05) is 65.7 Å². The van der Waals surface area contributed by atoms with Gasteiger partial charge >= 0.3 is 0 Å².